The molecular formula is C23H35NO3S2Si. The highest BCUT2D eigenvalue weighted by Crippen LogP contribution is 2.36. The summed E-state index contributed by atoms with van der Waals surface area (Å²) >= 11 is 0.271. The van der Waals surface area contributed by atoms with Crippen LogP contribution in [0.1, 0.15) is 52.7 Å². The highest BCUT2D eigenvalue weighted by Gasteiger charge is 2.36. The number of rotatable bonds is 8. The van der Waals surface area contributed by atoms with Gasteiger partial charge < -0.3 is 13.7 Å². The molecule has 1 aromatic carbocycles. The van der Waals surface area contributed by atoms with E-state index in [1.165, 1.54) is 0 Å². The first-order valence-corrected chi connectivity index (χ1v) is 15.2. The van der Waals surface area contributed by atoms with E-state index in [2.05, 4.69) is 38.3 Å². The first-order valence-electron chi connectivity index (χ1n) is 10.2. The van der Waals surface area contributed by atoms with Crippen molar-refractivity contribution in [3.8, 4) is 5.75 Å². The molecule has 166 valence electrons. The van der Waals surface area contributed by atoms with Crippen molar-refractivity contribution in [2.45, 2.75) is 64.4 Å². The van der Waals surface area contributed by atoms with E-state index < -0.39 is 24.4 Å². The first kappa shape index (κ1) is 25.1. The molecule has 0 saturated heterocycles. The summed E-state index contributed by atoms with van der Waals surface area (Å²) in [6, 6.07) is 9.82. The third kappa shape index (κ3) is 6.95. The molecular weight excluding hydrogens is 430 g/mol. The third-order valence-electron chi connectivity index (χ3n) is 5.24. The Hall–Kier alpha value is -1.12. The minimum atomic E-state index is -1.75. The smallest absolute Gasteiger partial charge is 0.192 e. The van der Waals surface area contributed by atoms with Gasteiger partial charge in [0, 0.05) is 16.5 Å². The SMILES string of the molecule is CC(C)(C)[S+]([O-])/N=C(/c1ccc(OCCO[Si](C)(C)C(C)(C)C)cc1)c1ccsc1. The zero-order valence-corrected chi connectivity index (χ0v) is 22.1. The second-order valence-electron chi connectivity index (χ2n) is 9.80. The Morgan fingerprint density at radius 3 is 2.13 bits per heavy atom. The van der Waals surface area contributed by atoms with Crippen molar-refractivity contribution in [2.75, 3.05) is 13.2 Å². The van der Waals surface area contributed by atoms with E-state index in [0.29, 0.717) is 13.2 Å². The van der Waals surface area contributed by atoms with Crippen molar-refractivity contribution >= 4 is 36.7 Å². The van der Waals surface area contributed by atoms with Gasteiger partial charge in [-0.2, -0.15) is 11.3 Å². The van der Waals surface area contributed by atoms with E-state index in [1.807, 2.05) is 61.9 Å². The summed E-state index contributed by atoms with van der Waals surface area (Å²) in [5.41, 5.74) is 2.65. The molecule has 2 rings (SSSR count). The fourth-order valence-electron chi connectivity index (χ4n) is 2.27. The van der Waals surface area contributed by atoms with Crippen molar-refractivity contribution in [1.29, 1.82) is 0 Å². The Bertz CT molecular complexity index is 820. The van der Waals surface area contributed by atoms with Crippen molar-refractivity contribution < 1.29 is 13.7 Å². The lowest BCUT2D eigenvalue weighted by atomic mass is 10.1. The topological polar surface area (TPSA) is 53.9 Å². The number of benzene rings is 1. The second-order valence-corrected chi connectivity index (χ2v) is 17.3. The summed E-state index contributed by atoms with van der Waals surface area (Å²) < 4.78 is 28.8. The fraction of sp³-hybridized carbons (Fsp3) is 0.522. The molecule has 7 heteroatoms. The van der Waals surface area contributed by atoms with Crippen LogP contribution < -0.4 is 4.74 Å². The van der Waals surface area contributed by atoms with Crippen LogP contribution in [0, 0.1) is 0 Å². The molecule has 0 spiro atoms. The molecule has 1 aromatic heterocycles. The van der Waals surface area contributed by atoms with Crippen LogP contribution in [-0.2, 0) is 15.8 Å². The van der Waals surface area contributed by atoms with Crippen molar-refractivity contribution in [3.05, 3.63) is 52.2 Å². The van der Waals surface area contributed by atoms with Crippen molar-refractivity contribution in [1.82, 2.24) is 0 Å². The van der Waals surface area contributed by atoms with E-state index in [-0.39, 0.29) is 5.04 Å². The molecule has 30 heavy (non-hydrogen) atoms. The number of hydrogen-bond acceptors (Lipinski definition) is 5. The molecule has 0 aliphatic rings. The summed E-state index contributed by atoms with van der Waals surface area (Å²) in [6.45, 7) is 18.1. The van der Waals surface area contributed by atoms with Gasteiger partial charge in [0.15, 0.2) is 8.32 Å². The molecule has 0 N–H and O–H groups in total. The first-order chi connectivity index (χ1) is 13.8. The Kier molecular flexibility index (Phi) is 8.38. The van der Waals surface area contributed by atoms with Crippen LogP contribution in [-0.4, -0.2) is 36.5 Å². The molecule has 0 bridgehead atoms. The monoisotopic (exact) mass is 465 g/mol. The molecule has 1 unspecified atom stereocenters. The van der Waals surface area contributed by atoms with Gasteiger partial charge >= 0.3 is 0 Å². The third-order valence-corrected chi connectivity index (χ3v) is 11.9. The molecule has 0 aliphatic carbocycles. The van der Waals surface area contributed by atoms with Gasteiger partial charge in [-0.05, 0) is 74.6 Å². The zero-order chi connectivity index (χ0) is 22.6. The highest BCUT2D eigenvalue weighted by molar-refractivity contribution is 7.91. The number of hydrogen-bond donors (Lipinski definition) is 0. The van der Waals surface area contributed by atoms with E-state index >= 15 is 0 Å². The quantitative estimate of drug-likeness (QED) is 0.195. The van der Waals surface area contributed by atoms with Crippen LogP contribution in [0.3, 0.4) is 0 Å². The summed E-state index contributed by atoms with van der Waals surface area (Å²) in [6.07, 6.45) is 0. The minimum absolute atomic E-state index is 0.194. The van der Waals surface area contributed by atoms with Gasteiger partial charge in [0.25, 0.3) is 0 Å². The van der Waals surface area contributed by atoms with Gasteiger partial charge in [-0.25, -0.2) is 0 Å². The Balaban J connectivity index is 2.06. The average molecular weight is 466 g/mol. The number of thiophene rings is 1. The van der Waals surface area contributed by atoms with Gasteiger partial charge in [0.05, 0.1) is 6.61 Å². The fourth-order valence-corrected chi connectivity index (χ4v) is 4.59. The maximum absolute atomic E-state index is 12.6. The second kappa shape index (κ2) is 10.00. The Labute approximate surface area is 190 Å². The van der Waals surface area contributed by atoms with Crippen molar-refractivity contribution in [3.63, 3.8) is 0 Å². The Morgan fingerprint density at radius 1 is 1.00 bits per heavy atom. The van der Waals surface area contributed by atoms with Crippen LogP contribution in [0.25, 0.3) is 0 Å². The lowest BCUT2D eigenvalue weighted by molar-refractivity contribution is 0.203. The van der Waals surface area contributed by atoms with Crippen LogP contribution >= 0.6 is 11.3 Å². The molecule has 1 heterocycles. The molecule has 0 radical (unpaired) electrons. The molecule has 1 atom stereocenters. The van der Waals surface area contributed by atoms with Gasteiger partial charge in [0.1, 0.15) is 34.2 Å². The standard InChI is InChI=1S/C23H35NO3S2Si/c1-22(2,3)29(25)24-21(19-13-16-28-17-19)18-9-11-20(12-10-18)26-14-15-27-30(7,8)23(4,5)6/h9-13,16-17H,14-15H2,1-8H3/b24-21-. The minimum Gasteiger partial charge on any atom is -0.591 e. The molecule has 4 nitrogen and oxygen atoms in total. The van der Waals surface area contributed by atoms with Crippen LogP contribution in [0.2, 0.25) is 18.1 Å². The van der Waals surface area contributed by atoms with Gasteiger partial charge in [0.2, 0.25) is 0 Å². The molecule has 0 aliphatic heterocycles. The maximum atomic E-state index is 12.6. The van der Waals surface area contributed by atoms with Crippen LogP contribution in [0.4, 0.5) is 0 Å². The van der Waals surface area contributed by atoms with E-state index in [0.717, 1.165) is 22.6 Å². The largest absolute Gasteiger partial charge is 0.591 e. The molecule has 0 amide bonds. The summed E-state index contributed by atoms with van der Waals surface area (Å²) in [5, 5.41) is 4.23. The number of ether oxygens (including phenoxy) is 1. The Morgan fingerprint density at radius 2 is 1.63 bits per heavy atom. The summed E-state index contributed by atoms with van der Waals surface area (Å²) in [7, 11) is -1.75. The molecule has 0 saturated carbocycles. The van der Waals surface area contributed by atoms with Crippen LogP contribution in [0.15, 0.2) is 45.5 Å². The lowest BCUT2D eigenvalue weighted by Gasteiger charge is -2.36. The van der Waals surface area contributed by atoms with E-state index in [9.17, 15) is 4.55 Å². The van der Waals surface area contributed by atoms with Crippen molar-refractivity contribution in [2.24, 2.45) is 4.40 Å². The van der Waals surface area contributed by atoms with Crippen LogP contribution in [0.5, 0.6) is 5.75 Å². The average Bonchev–Trinajstić information content (AvgIpc) is 3.16. The summed E-state index contributed by atoms with van der Waals surface area (Å²) in [4.78, 5) is 0. The van der Waals surface area contributed by atoms with Gasteiger partial charge in [-0.3, -0.25) is 0 Å². The predicted molar refractivity (Wildman–Crippen MR) is 133 cm³/mol. The maximum Gasteiger partial charge on any atom is 0.192 e. The molecule has 0 fully saturated rings. The highest BCUT2D eigenvalue weighted by atomic mass is 32.2. The zero-order valence-electron chi connectivity index (χ0n) is 19.4. The normalized spacial score (nSPS) is 14.6. The van der Waals surface area contributed by atoms with Gasteiger partial charge in [-0.15, -0.1) is 0 Å². The van der Waals surface area contributed by atoms with Gasteiger partial charge in [-0.1, -0.05) is 25.2 Å². The lowest BCUT2D eigenvalue weighted by Crippen LogP contribution is -2.41. The molecule has 2 aromatic rings. The number of nitrogens with zero attached hydrogens (tertiary/aromatic N) is 1. The predicted octanol–water partition coefficient (Wildman–Crippen LogP) is 6.45. The van der Waals surface area contributed by atoms with E-state index in [1.54, 1.807) is 11.3 Å². The summed E-state index contributed by atoms with van der Waals surface area (Å²) in [5.74, 6) is 0.791. The van der Waals surface area contributed by atoms with E-state index in [4.69, 9.17) is 9.16 Å².